The van der Waals surface area contributed by atoms with Crippen LogP contribution in [0.3, 0.4) is 0 Å². The van der Waals surface area contributed by atoms with Crippen molar-refractivity contribution in [2.24, 2.45) is 0 Å². The maximum atomic E-state index is 6.15. The van der Waals surface area contributed by atoms with E-state index in [1.807, 2.05) is 0 Å². The van der Waals surface area contributed by atoms with Crippen LogP contribution in [0.15, 0.2) is 18.2 Å². The van der Waals surface area contributed by atoms with E-state index in [9.17, 15) is 0 Å². The van der Waals surface area contributed by atoms with Crippen molar-refractivity contribution in [1.29, 1.82) is 0 Å². The molecule has 23 heavy (non-hydrogen) atoms. The second-order valence-corrected chi connectivity index (χ2v) is 10.5. The number of hydrogen-bond donors (Lipinski definition) is 0. The molecule has 0 fully saturated rings. The maximum absolute atomic E-state index is 6.15. The monoisotopic (exact) mass is 562 g/mol. The van der Waals surface area contributed by atoms with Crippen molar-refractivity contribution >= 4 is 54.0 Å². The van der Waals surface area contributed by atoms with Gasteiger partial charge in [-0.05, 0) is 88.6 Å². The zero-order chi connectivity index (χ0) is 17.1. The molecule has 132 valence electrons. The number of rotatable bonds is 12. The minimum Gasteiger partial charge on any atom is -0.373 e. The van der Waals surface area contributed by atoms with Crippen molar-refractivity contribution in [3.05, 3.63) is 30.9 Å². The Morgan fingerprint density at radius 2 is 1.35 bits per heavy atom. The molecule has 0 unspecified atom stereocenters. The molecule has 0 aliphatic carbocycles. The van der Waals surface area contributed by atoms with Gasteiger partial charge in [-0.15, -0.1) is 0 Å². The van der Waals surface area contributed by atoms with Gasteiger partial charge in [-0.3, -0.25) is 0 Å². The molecule has 0 amide bonds. The summed E-state index contributed by atoms with van der Waals surface area (Å²) in [5.41, 5.74) is 1.33. The Labute approximate surface area is 169 Å². The van der Waals surface area contributed by atoms with Crippen molar-refractivity contribution in [2.45, 2.75) is 52.5 Å². The van der Waals surface area contributed by atoms with Crippen LogP contribution >= 0.6 is 45.2 Å². The van der Waals surface area contributed by atoms with E-state index in [-0.39, 0.29) is 0 Å². The predicted octanol–water partition coefficient (Wildman–Crippen LogP) is 5.66. The first-order chi connectivity index (χ1) is 11.1. The zero-order valence-electron chi connectivity index (χ0n) is 14.4. The highest BCUT2D eigenvalue weighted by Gasteiger charge is 2.40. The van der Waals surface area contributed by atoms with E-state index in [1.54, 1.807) is 0 Å². The van der Waals surface area contributed by atoms with Crippen molar-refractivity contribution < 1.29 is 13.3 Å². The lowest BCUT2D eigenvalue weighted by Gasteiger charge is -2.29. The highest BCUT2D eigenvalue weighted by molar-refractivity contribution is 14.1. The van der Waals surface area contributed by atoms with E-state index in [0.717, 1.165) is 31.7 Å². The van der Waals surface area contributed by atoms with Gasteiger partial charge in [0.2, 0.25) is 0 Å². The Kier molecular flexibility index (Phi) is 11.6. The van der Waals surface area contributed by atoms with E-state index < -0.39 is 8.80 Å². The molecule has 0 heterocycles. The Morgan fingerprint density at radius 3 is 1.78 bits per heavy atom. The molecular formula is C17H28I2O3Si. The average molecular weight is 562 g/mol. The van der Waals surface area contributed by atoms with Crippen LogP contribution in [0.2, 0.25) is 6.04 Å². The predicted molar refractivity (Wildman–Crippen MR) is 115 cm³/mol. The summed E-state index contributed by atoms with van der Waals surface area (Å²) >= 11 is 4.76. The van der Waals surface area contributed by atoms with Crippen LogP contribution in [-0.2, 0) is 19.7 Å². The smallest absolute Gasteiger partial charge is 0.373 e. The van der Waals surface area contributed by atoms with Crippen molar-refractivity contribution in [3.63, 3.8) is 0 Å². The van der Waals surface area contributed by atoms with Gasteiger partial charge in [0.1, 0.15) is 0 Å². The van der Waals surface area contributed by atoms with E-state index in [2.05, 4.69) is 84.2 Å². The zero-order valence-corrected chi connectivity index (χ0v) is 19.7. The Morgan fingerprint density at radius 1 is 0.826 bits per heavy atom. The first-order valence-electron chi connectivity index (χ1n) is 8.42. The van der Waals surface area contributed by atoms with Gasteiger partial charge in [0.25, 0.3) is 0 Å². The highest BCUT2D eigenvalue weighted by Crippen LogP contribution is 2.23. The fourth-order valence-corrected chi connectivity index (χ4v) is 5.85. The lowest BCUT2D eigenvalue weighted by molar-refractivity contribution is 0.0593. The molecule has 0 radical (unpaired) electrons. The first-order valence-corrected chi connectivity index (χ1v) is 12.5. The number of halogens is 2. The van der Waals surface area contributed by atoms with Gasteiger partial charge in [-0.1, -0.05) is 26.8 Å². The van der Waals surface area contributed by atoms with Crippen LogP contribution < -0.4 is 0 Å². The number of benzene rings is 1. The second-order valence-electron chi connectivity index (χ2n) is 5.48. The summed E-state index contributed by atoms with van der Waals surface area (Å²) in [6.45, 7) is 8.51. The minimum absolute atomic E-state index is 0.712. The molecule has 6 heteroatoms. The summed E-state index contributed by atoms with van der Waals surface area (Å²) in [6.07, 6.45) is 3.90. The van der Waals surface area contributed by atoms with Gasteiger partial charge < -0.3 is 13.3 Å². The third kappa shape index (κ3) is 8.13. The van der Waals surface area contributed by atoms with Crippen LogP contribution in [0.1, 0.15) is 45.6 Å². The molecule has 3 nitrogen and oxygen atoms in total. The van der Waals surface area contributed by atoms with E-state index in [4.69, 9.17) is 13.3 Å². The van der Waals surface area contributed by atoms with Crippen LogP contribution in [0.4, 0.5) is 0 Å². The Bertz CT molecular complexity index is 436. The fourth-order valence-electron chi connectivity index (χ4n) is 2.11. The molecule has 0 aliphatic heterocycles. The van der Waals surface area contributed by atoms with Gasteiger partial charge in [0.05, 0.1) is 0 Å². The Hall–Kier alpha value is 0.777. The summed E-state index contributed by atoms with van der Waals surface area (Å²) in [4.78, 5) is 0. The molecule has 0 spiro atoms. The molecule has 0 bridgehead atoms. The Balaban J connectivity index is 2.80. The lowest BCUT2D eigenvalue weighted by Crippen LogP contribution is -2.47. The minimum atomic E-state index is -2.58. The van der Waals surface area contributed by atoms with E-state index >= 15 is 0 Å². The van der Waals surface area contributed by atoms with Crippen molar-refractivity contribution in [3.8, 4) is 0 Å². The normalized spacial score (nSPS) is 11.9. The van der Waals surface area contributed by atoms with Gasteiger partial charge in [0.15, 0.2) is 0 Å². The molecule has 0 atom stereocenters. The van der Waals surface area contributed by atoms with Gasteiger partial charge in [0, 0.05) is 33.0 Å². The molecule has 1 aromatic rings. The topological polar surface area (TPSA) is 27.7 Å². The average Bonchev–Trinajstić information content (AvgIpc) is 2.56. The van der Waals surface area contributed by atoms with Crippen LogP contribution in [0.25, 0.3) is 0 Å². The summed E-state index contributed by atoms with van der Waals surface area (Å²) < 4.78 is 21.0. The largest absolute Gasteiger partial charge is 0.501 e. The molecular weight excluding hydrogens is 534 g/mol. The molecule has 1 rings (SSSR count). The lowest BCUT2D eigenvalue weighted by atomic mass is 10.2. The SMILES string of the molecule is CCCO[Si](CCc1ccc(I)c(I)c1)(OCCC)OCCC. The first kappa shape index (κ1) is 21.8. The molecule has 0 aliphatic rings. The van der Waals surface area contributed by atoms with Crippen LogP contribution in [0, 0.1) is 7.14 Å². The van der Waals surface area contributed by atoms with Crippen molar-refractivity contribution in [1.82, 2.24) is 0 Å². The second kappa shape index (κ2) is 12.2. The fraction of sp³-hybridized carbons (Fsp3) is 0.647. The van der Waals surface area contributed by atoms with Gasteiger partial charge in [-0.25, -0.2) is 0 Å². The molecule has 0 aromatic heterocycles. The van der Waals surface area contributed by atoms with Gasteiger partial charge >= 0.3 is 8.80 Å². The van der Waals surface area contributed by atoms with Gasteiger partial charge in [-0.2, -0.15) is 0 Å². The molecule has 0 saturated heterocycles. The molecule has 0 saturated carbocycles. The molecule has 0 N–H and O–H groups in total. The standard InChI is InChI=1S/C17H28I2O3Si/c1-4-10-20-23(21-11-5-2,22-12-6-3)13-9-15-7-8-16(18)17(19)14-15/h7-8,14H,4-6,9-13H2,1-3H3. The summed E-state index contributed by atoms with van der Waals surface area (Å²) in [5.74, 6) is 0. The number of aryl methyl sites for hydroxylation is 1. The summed E-state index contributed by atoms with van der Waals surface area (Å²) in [7, 11) is -2.58. The number of hydrogen-bond acceptors (Lipinski definition) is 3. The molecule has 1 aromatic carbocycles. The summed E-state index contributed by atoms with van der Waals surface area (Å²) in [5, 5.41) is 0. The third-order valence-electron chi connectivity index (χ3n) is 3.28. The van der Waals surface area contributed by atoms with Crippen LogP contribution in [-0.4, -0.2) is 28.6 Å². The summed E-state index contributed by atoms with van der Waals surface area (Å²) in [6, 6.07) is 7.47. The van der Waals surface area contributed by atoms with E-state index in [1.165, 1.54) is 12.7 Å². The highest BCUT2D eigenvalue weighted by atomic mass is 127. The van der Waals surface area contributed by atoms with Crippen LogP contribution in [0.5, 0.6) is 0 Å². The van der Waals surface area contributed by atoms with Crippen molar-refractivity contribution in [2.75, 3.05) is 19.8 Å². The maximum Gasteiger partial charge on any atom is 0.501 e. The third-order valence-corrected chi connectivity index (χ3v) is 8.94. The quantitative estimate of drug-likeness (QED) is 0.243. The van der Waals surface area contributed by atoms with E-state index in [0.29, 0.717) is 19.8 Å².